The Labute approximate surface area is 165 Å². The van der Waals surface area contributed by atoms with Crippen LogP contribution in [0.5, 0.6) is 5.75 Å². The van der Waals surface area contributed by atoms with Crippen molar-refractivity contribution >= 4 is 11.7 Å². The van der Waals surface area contributed by atoms with Gasteiger partial charge in [-0.1, -0.05) is 42.5 Å². The Kier molecular flexibility index (Phi) is 6.22. The van der Waals surface area contributed by atoms with Gasteiger partial charge in [-0.25, -0.2) is 9.97 Å². The van der Waals surface area contributed by atoms with Gasteiger partial charge in [0.15, 0.2) is 5.82 Å². The lowest BCUT2D eigenvalue weighted by atomic mass is 10.2. The number of benzene rings is 2. The second-order valence-corrected chi connectivity index (χ2v) is 6.66. The highest BCUT2D eigenvalue weighted by Gasteiger charge is 2.14. The van der Waals surface area contributed by atoms with Crippen LogP contribution in [0, 0.1) is 0 Å². The van der Waals surface area contributed by atoms with Crippen LogP contribution >= 0.6 is 0 Å². The average molecular weight is 376 g/mol. The molecule has 0 saturated carbocycles. The third kappa shape index (κ3) is 5.07. The van der Waals surface area contributed by atoms with Crippen LogP contribution in [-0.4, -0.2) is 29.0 Å². The first kappa shape index (κ1) is 19.4. The summed E-state index contributed by atoms with van der Waals surface area (Å²) in [4.78, 5) is 21.5. The molecule has 6 nitrogen and oxygen atoms in total. The molecule has 0 fully saturated rings. The largest absolute Gasteiger partial charge is 0.497 e. The van der Waals surface area contributed by atoms with Gasteiger partial charge in [-0.3, -0.25) is 4.79 Å². The third-order valence-electron chi connectivity index (χ3n) is 4.04. The molecule has 1 amide bonds. The number of carbonyl (C=O) groups is 1. The van der Waals surface area contributed by atoms with Gasteiger partial charge in [0.2, 0.25) is 0 Å². The molecule has 6 heteroatoms. The van der Waals surface area contributed by atoms with Crippen LogP contribution in [-0.2, 0) is 6.54 Å². The fraction of sp³-hybridized carbons (Fsp3) is 0.227. The van der Waals surface area contributed by atoms with E-state index in [0.717, 1.165) is 16.9 Å². The van der Waals surface area contributed by atoms with Crippen molar-refractivity contribution in [3.05, 3.63) is 71.9 Å². The van der Waals surface area contributed by atoms with E-state index in [1.165, 1.54) is 0 Å². The van der Waals surface area contributed by atoms with E-state index in [2.05, 4.69) is 20.6 Å². The molecule has 0 spiro atoms. The predicted molar refractivity (Wildman–Crippen MR) is 110 cm³/mol. The number of anilines is 1. The zero-order valence-corrected chi connectivity index (χ0v) is 16.3. The lowest BCUT2D eigenvalue weighted by Crippen LogP contribution is -2.31. The lowest BCUT2D eigenvalue weighted by molar-refractivity contribution is 0.0938. The SMILES string of the molecule is COc1ccc(CNc2cc(C(=O)NC(C)C)nc(-c3ccccc3)n2)cc1. The number of rotatable bonds is 7. The van der Waals surface area contributed by atoms with E-state index in [1.54, 1.807) is 13.2 Å². The smallest absolute Gasteiger partial charge is 0.270 e. The minimum absolute atomic E-state index is 0.0262. The highest BCUT2D eigenvalue weighted by molar-refractivity contribution is 5.93. The minimum Gasteiger partial charge on any atom is -0.497 e. The fourth-order valence-electron chi connectivity index (χ4n) is 2.64. The normalized spacial score (nSPS) is 10.6. The van der Waals surface area contributed by atoms with Crippen LogP contribution < -0.4 is 15.4 Å². The molecule has 0 aliphatic rings. The Bertz CT molecular complexity index is 925. The highest BCUT2D eigenvalue weighted by Crippen LogP contribution is 2.19. The van der Waals surface area contributed by atoms with E-state index >= 15 is 0 Å². The van der Waals surface area contributed by atoms with E-state index in [-0.39, 0.29) is 11.9 Å². The van der Waals surface area contributed by atoms with Gasteiger partial charge in [0.05, 0.1) is 7.11 Å². The van der Waals surface area contributed by atoms with E-state index in [0.29, 0.717) is 23.9 Å². The van der Waals surface area contributed by atoms with Crippen LogP contribution in [0.4, 0.5) is 5.82 Å². The quantitative estimate of drug-likeness (QED) is 0.654. The van der Waals surface area contributed by atoms with E-state index in [4.69, 9.17) is 4.74 Å². The molecule has 0 saturated heterocycles. The maximum atomic E-state index is 12.5. The minimum atomic E-state index is -0.220. The summed E-state index contributed by atoms with van der Waals surface area (Å²) < 4.78 is 5.18. The number of nitrogens with one attached hydrogen (secondary N) is 2. The molecular formula is C22H24N4O2. The molecule has 144 valence electrons. The summed E-state index contributed by atoms with van der Waals surface area (Å²) >= 11 is 0. The monoisotopic (exact) mass is 376 g/mol. The molecule has 0 radical (unpaired) electrons. The molecule has 1 aromatic heterocycles. The Morgan fingerprint density at radius 1 is 1.04 bits per heavy atom. The highest BCUT2D eigenvalue weighted by atomic mass is 16.5. The van der Waals surface area contributed by atoms with Crippen molar-refractivity contribution in [1.29, 1.82) is 0 Å². The molecule has 0 atom stereocenters. The number of aromatic nitrogens is 2. The summed E-state index contributed by atoms with van der Waals surface area (Å²) in [6, 6.07) is 19.1. The zero-order chi connectivity index (χ0) is 19.9. The summed E-state index contributed by atoms with van der Waals surface area (Å²) in [6.45, 7) is 4.40. The first-order chi connectivity index (χ1) is 13.5. The molecule has 0 aliphatic heterocycles. The van der Waals surface area contributed by atoms with Crippen molar-refractivity contribution in [2.75, 3.05) is 12.4 Å². The second-order valence-electron chi connectivity index (χ2n) is 6.66. The van der Waals surface area contributed by atoms with Crippen LogP contribution in [0.1, 0.15) is 29.9 Å². The van der Waals surface area contributed by atoms with Gasteiger partial charge >= 0.3 is 0 Å². The summed E-state index contributed by atoms with van der Waals surface area (Å²) in [5, 5.41) is 6.17. The van der Waals surface area contributed by atoms with Gasteiger partial charge < -0.3 is 15.4 Å². The molecule has 3 rings (SSSR count). The first-order valence-corrected chi connectivity index (χ1v) is 9.17. The maximum Gasteiger partial charge on any atom is 0.270 e. The molecule has 1 heterocycles. The molecular weight excluding hydrogens is 352 g/mol. The number of methoxy groups -OCH3 is 1. The molecule has 2 aromatic carbocycles. The number of amides is 1. The van der Waals surface area contributed by atoms with Crippen molar-refractivity contribution in [2.45, 2.75) is 26.4 Å². The topological polar surface area (TPSA) is 76.1 Å². The van der Waals surface area contributed by atoms with Crippen LogP contribution in [0.25, 0.3) is 11.4 Å². The molecule has 3 aromatic rings. The van der Waals surface area contributed by atoms with E-state index in [9.17, 15) is 4.79 Å². The van der Waals surface area contributed by atoms with Crippen molar-refractivity contribution in [2.24, 2.45) is 0 Å². The third-order valence-corrected chi connectivity index (χ3v) is 4.04. The predicted octanol–water partition coefficient (Wildman–Crippen LogP) is 3.90. The Morgan fingerprint density at radius 3 is 2.39 bits per heavy atom. The number of carbonyl (C=O) groups excluding carboxylic acids is 1. The maximum absolute atomic E-state index is 12.5. The Morgan fingerprint density at radius 2 is 1.75 bits per heavy atom. The van der Waals surface area contributed by atoms with Crippen LogP contribution in [0.2, 0.25) is 0 Å². The Hall–Kier alpha value is -3.41. The van der Waals surface area contributed by atoms with Gasteiger partial charge in [-0.2, -0.15) is 0 Å². The van der Waals surface area contributed by atoms with Crippen molar-refractivity contribution in [1.82, 2.24) is 15.3 Å². The van der Waals surface area contributed by atoms with E-state index < -0.39 is 0 Å². The van der Waals surface area contributed by atoms with Crippen molar-refractivity contribution in [3.63, 3.8) is 0 Å². The molecule has 28 heavy (non-hydrogen) atoms. The van der Waals surface area contributed by atoms with Gasteiger partial charge in [0.1, 0.15) is 17.3 Å². The van der Waals surface area contributed by atoms with Crippen molar-refractivity contribution in [3.8, 4) is 17.1 Å². The van der Waals surface area contributed by atoms with Crippen LogP contribution in [0.3, 0.4) is 0 Å². The zero-order valence-electron chi connectivity index (χ0n) is 16.3. The summed E-state index contributed by atoms with van der Waals surface area (Å²) in [7, 11) is 1.64. The summed E-state index contributed by atoms with van der Waals surface area (Å²) in [5.74, 6) is 1.69. The van der Waals surface area contributed by atoms with Gasteiger partial charge in [-0.05, 0) is 31.5 Å². The fourth-order valence-corrected chi connectivity index (χ4v) is 2.64. The summed E-state index contributed by atoms with van der Waals surface area (Å²) in [5.41, 5.74) is 2.27. The first-order valence-electron chi connectivity index (χ1n) is 9.17. The van der Waals surface area contributed by atoms with Gasteiger partial charge in [0.25, 0.3) is 5.91 Å². The number of hydrogen-bond acceptors (Lipinski definition) is 5. The molecule has 0 unspecified atom stereocenters. The average Bonchev–Trinajstić information content (AvgIpc) is 2.72. The summed E-state index contributed by atoms with van der Waals surface area (Å²) in [6.07, 6.45) is 0. The molecule has 0 bridgehead atoms. The van der Waals surface area contributed by atoms with Gasteiger partial charge in [-0.15, -0.1) is 0 Å². The number of nitrogens with zero attached hydrogens (tertiary/aromatic N) is 2. The standard InChI is InChI=1S/C22H24N4O2/c1-15(2)24-22(27)19-13-20(23-14-16-9-11-18(28-3)12-10-16)26-21(25-19)17-7-5-4-6-8-17/h4-13,15H,14H2,1-3H3,(H,24,27)(H,23,25,26). The number of hydrogen-bond donors (Lipinski definition) is 2. The molecule has 0 aliphatic carbocycles. The Balaban J connectivity index is 1.86. The number of ether oxygens (including phenoxy) is 1. The van der Waals surface area contributed by atoms with Crippen molar-refractivity contribution < 1.29 is 9.53 Å². The van der Waals surface area contributed by atoms with E-state index in [1.807, 2.05) is 68.4 Å². The van der Waals surface area contributed by atoms with Crippen LogP contribution in [0.15, 0.2) is 60.7 Å². The second kappa shape index (κ2) is 8.99. The van der Waals surface area contributed by atoms with Gasteiger partial charge in [0, 0.05) is 24.2 Å². The lowest BCUT2D eigenvalue weighted by Gasteiger charge is -2.12. The molecule has 2 N–H and O–H groups in total.